The van der Waals surface area contributed by atoms with Crippen LogP contribution in [0.5, 0.6) is 0 Å². The third kappa shape index (κ3) is 4.51. The highest BCUT2D eigenvalue weighted by atomic mass is 16.3. The summed E-state index contributed by atoms with van der Waals surface area (Å²) in [6, 6.07) is 11.9. The van der Waals surface area contributed by atoms with Crippen LogP contribution in [-0.4, -0.2) is 21.8 Å². The molecule has 0 spiro atoms. The van der Waals surface area contributed by atoms with Crippen molar-refractivity contribution in [3.8, 4) is 0 Å². The lowest BCUT2D eigenvalue weighted by molar-refractivity contribution is 0.0939. The van der Waals surface area contributed by atoms with Crippen LogP contribution in [-0.2, 0) is 13.1 Å². The number of furan rings is 1. The normalized spacial score (nSPS) is 10.2. The van der Waals surface area contributed by atoms with Gasteiger partial charge in [-0.3, -0.25) is 14.6 Å². The summed E-state index contributed by atoms with van der Waals surface area (Å²) in [5, 5.41) is 5.44. The van der Waals surface area contributed by atoms with E-state index in [0.29, 0.717) is 12.3 Å². The van der Waals surface area contributed by atoms with E-state index in [0.717, 1.165) is 5.56 Å². The second-order valence-electron chi connectivity index (χ2n) is 5.21. The number of carbonyl (C=O) groups excluding carboxylic acids is 2. The molecule has 126 valence electrons. The fraction of sp³-hybridized carbons (Fsp3) is 0.111. The second-order valence-corrected chi connectivity index (χ2v) is 5.21. The van der Waals surface area contributed by atoms with Crippen molar-refractivity contribution < 1.29 is 14.0 Å². The summed E-state index contributed by atoms with van der Waals surface area (Å²) < 4.78 is 5.15. The maximum Gasteiger partial charge on any atom is 0.270 e. The van der Waals surface area contributed by atoms with Gasteiger partial charge >= 0.3 is 0 Å². The number of carbonyl (C=O) groups is 2. The monoisotopic (exact) mass is 336 g/mol. The van der Waals surface area contributed by atoms with Crippen LogP contribution < -0.4 is 10.6 Å². The smallest absolute Gasteiger partial charge is 0.270 e. The van der Waals surface area contributed by atoms with Gasteiger partial charge in [0.1, 0.15) is 17.1 Å². The first-order chi connectivity index (χ1) is 12.2. The Morgan fingerprint density at radius 3 is 2.32 bits per heavy atom. The van der Waals surface area contributed by atoms with Gasteiger partial charge in [0, 0.05) is 18.9 Å². The minimum Gasteiger partial charge on any atom is -0.467 e. The first-order valence-electron chi connectivity index (χ1n) is 7.67. The standard InChI is InChI=1S/C18H16N4O3/c23-17(20-11-13-4-2-8-19-10-13)15-6-1-7-16(22-15)18(24)21-12-14-5-3-9-25-14/h1-10H,11-12H2,(H,20,23)(H,21,24). The van der Waals surface area contributed by atoms with Gasteiger partial charge in [0.05, 0.1) is 12.8 Å². The topological polar surface area (TPSA) is 97.1 Å². The zero-order chi connectivity index (χ0) is 17.5. The van der Waals surface area contributed by atoms with Gasteiger partial charge in [0.15, 0.2) is 0 Å². The van der Waals surface area contributed by atoms with Crippen LogP contribution in [0.25, 0.3) is 0 Å². The zero-order valence-electron chi connectivity index (χ0n) is 13.3. The summed E-state index contributed by atoms with van der Waals surface area (Å²) in [6.07, 6.45) is 4.87. The van der Waals surface area contributed by atoms with Gasteiger partial charge < -0.3 is 15.1 Å². The average molecular weight is 336 g/mol. The van der Waals surface area contributed by atoms with Crippen LogP contribution in [0.4, 0.5) is 0 Å². The number of amides is 2. The number of nitrogens with zero attached hydrogens (tertiary/aromatic N) is 2. The van der Waals surface area contributed by atoms with E-state index in [2.05, 4.69) is 20.6 Å². The van der Waals surface area contributed by atoms with Crippen molar-refractivity contribution in [3.63, 3.8) is 0 Å². The van der Waals surface area contributed by atoms with Gasteiger partial charge in [0.25, 0.3) is 11.8 Å². The van der Waals surface area contributed by atoms with E-state index in [1.54, 1.807) is 48.8 Å². The Morgan fingerprint density at radius 1 is 0.920 bits per heavy atom. The van der Waals surface area contributed by atoms with Crippen LogP contribution >= 0.6 is 0 Å². The van der Waals surface area contributed by atoms with Crippen molar-refractivity contribution in [2.75, 3.05) is 0 Å². The fourth-order valence-corrected chi connectivity index (χ4v) is 2.13. The predicted octanol–water partition coefficient (Wildman–Crippen LogP) is 1.93. The lowest BCUT2D eigenvalue weighted by Crippen LogP contribution is -2.27. The summed E-state index contributed by atoms with van der Waals surface area (Å²) in [6.45, 7) is 0.591. The number of hydrogen-bond acceptors (Lipinski definition) is 5. The molecule has 3 aromatic heterocycles. The van der Waals surface area contributed by atoms with Crippen molar-refractivity contribution in [2.24, 2.45) is 0 Å². The molecule has 0 saturated carbocycles. The summed E-state index contributed by atoms with van der Waals surface area (Å²) in [7, 11) is 0. The van der Waals surface area contributed by atoms with Crippen molar-refractivity contribution in [1.29, 1.82) is 0 Å². The number of aromatic nitrogens is 2. The van der Waals surface area contributed by atoms with E-state index in [-0.39, 0.29) is 29.7 Å². The fourth-order valence-electron chi connectivity index (χ4n) is 2.13. The summed E-state index contributed by atoms with van der Waals surface area (Å²) in [5.41, 5.74) is 1.22. The SMILES string of the molecule is O=C(NCc1cccnc1)c1cccc(C(=O)NCc2ccco2)n1. The molecule has 0 aromatic carbocycles. The molecule has 0 fully saturated rings. The molecule has 0 atom stereocenters. The van der Waals surface area contributed by atoms with Gasteiger partial charge in [-0.2, -0.15) is 0 Å². The maximum absolute atomic E-state index is 12.2. The van der Waals surface area contributed by atoms with Crippen LogP contribution in [0.3, 0.4) is 0 Å². The Bertz CT molecular complexity index is 848. The van der Waals surface area contributed by atoms with Gasteiger partial charge in [-0.1, -0.05) is 12.1 Å². The molecule has 0 aliphatic rings. The lowest BCUT2D eigenvalue weighted by Gasteiger charge is -2.07. The number of rotatable bonds is 6. The molecule has 7 nitrogen and oxygen atoms in total. The Hall–Kier alpha value is -3.48. The second kappa shape index (κ2) is 7.87. The summed E-state index contributed by atoms with van der Waals surface area (Å²) in [5.74, 6) is -0.0958. The Balaban J connectivity index is 1.60. The Labute approximate surface area is 144 Å². The maximum atomic E-state index is 12.2. The lowest BCUT2D eigenvalue weighted by atomic mass is 10.2. The molecule has 3 heterocycles. The molecule has 0 aliphatic carbocycles. The van der Waals surface area contributed by atoms with E-state index in [1.165, 1.54) is 6.26 Å². The molecule has 0 unspecified atom stereocenters. The highest BCUT2D eigenvalue weighted by Crippen LogP contribution is 2.03. The Kier molecular flexibility index (Phi) is 5.16. The number of nitrogens with one attached hydrogen (secondary N) is 2. The van der Waals surface area contributed by atoms with Crippen molar-refractivity contribution in [2.45, 2.75) is 13.1 Å². The van der Waals surface area contributed by atoms with E-state index in [4.69, 9.17) is 4.42 Å². The van der Waals surface area contributed by atoms with Crippen LogP contribution in [0.1, 0.15) is 32.3 Å². The van der Waals surface area contributed by atoms with Crippen LogP contribution in [0, 0.1) is 0 Å². The molecule has 3 rings (SSSR count). The average Bonchev–Trinajstić information content (AvgIpc) is 3.18. The summed E-state index contributed by atoms with van der Waals surface area (Å²) in [4.78, 5) is 32.4. The number of pyridine rings is 2. The largest absolute Gasteiger partial charge is 0.467 e. The third-order valence-corrected chi connectivity index (χ3v) is 3.39. The molecule has 25 heavy (non-hydrogen) atoms. The van der Waals surface area contributed by atoms with Crippen molar-refractivity contribution >= 4 is 11.8 Å². The van der Waals surface area contributed by atoms with E-state index in [1.807, 2.05) is 6.07 Å². The summed E-state index contributed by atoms with van der Waals surface area (Å²) >= 11 is 0. The molecule has 0 radical (unpaired) electrons. The van der Waals surface area contributed by atoms with Crippen molar-refractivity contribution in [1.82, 2.24) is 20.6 Å². The van der Waals surface area contributed by atoms with Crippen LogP contribution in [0.15, 0.2) is 65.5 Å². The van der Waals surface area contributed by atoms with Gasteiger partial charge in [-0.25, -0.2) is 4.98 Å². The molecule has 0 saturated heterocycles. The third-order valence-electron chi connectivity index (χ3n) is 3.39. The molecular formula is C18H16N4O3. The molecule has 2 N–H and O–H groups in total. The minimum absolute atomic E-state index is 0.167. The molecule has 2 amide bonds. The van der Waals surface area contributed by atoms with E-state index < -0.39 is 0 Å². The van der Waals surface area contributed by atoms with Gasteiger partial charge in [0.2, 0.25) is 0 Å². The predicted molar refractivity (Wildman–Crippen MR) is 89.5 cm³/mol. The van der Waals surface area contributed by atoms with Crippen LogP contribution in [0.2, 0.25) is 0 Å². The number of hydrogen-bond donors (Lipinski definition) is 2. The first-order valence-corrected chi connectivity index (χ1v) is 7.67. The molecule has 0 bridgehead atoms. The zero-order valence-corrected chi connectivity index (χ0v) is 13.3. The molecule has 3 aromatic rings. The molecular weight excluding hydrogens is 320 g/mol. The van der Waals surface area contributed by atoms with Crippen molar-refractivity contribution in [3.05, 3.63) is 83.8 Å². The Morgan fingerprint density at radius 2 is 1.68 bits per heavy atom. The highest BCUT2D eigenvalue weighted by Gasteiger charge is 2.12. The molecule has 7 heteroatoms. The quantitative estimate of drug-likeness (QED) is 0.717. The van der Waals surface area contributed by atoms with E-state index >= 15 is 0 Å². The van der Waals surface area contributed by atoms with Gasteiger partial charge in [-0.05, 0) is 35.9 Å². The van der Waals surface area contributed by atoms with Gasteiger partial charge in [-0.15, -0.1) is 0 Å². The van der Waals surface area contributed by atoms with E-state index in [9.17, 15) is 9.59 Å². The minimum atomic E-state index is -0.377. The first kappa shape index (κ1) is 16.4. The highest BCUT2D eigenvalue weighted by molar-refractivity contribution is 5.96. The molecule has 0 aliphatic heterocycles.